The molecule has 61 valence electrons. The summed E-state index contributed by atoms with van der Waals surface area (Å²) in [4.78, 5) is 10.8. The fraction of sp³-hybridized carbons (Fsp3) is 0.625. The van der Waals surface area contributed by atoms with Gasteiger partial charge in [0.1, 0.15) is 0 Å². The van der Waals surface area contributed by atoms with Gasteiger partial charge in [-0.25, -0.2) is 4.79 Å². The van der Waals surface area contributed by atoms with Gasteiger partial charge in [0.15, 0.2) is 0 Å². The maximum absolute atomic E-state index is 10.8. The first kappa shape index (κ1) is 10.4. The topological polar surface area (TPSA) is 26.3 Å². The van der Waals surface area contributed by atoms with E-state index in [9.17, 15) is 4.79 Å². The highest BCUT2D eigenvalue weighted by molar-refractivity contribution is 6.09. The Morgan fingerprint density at radius 2 is 2.27 bits per heavy atom. The number of rotatable bonds is 4. The van der Waals surface area contributed by atoms with Crippen molar-refractivity contribution in [1.82, 2.24) is 0 Å². The van der Waals surface area contributed by atoms with Crippen LogP contribution in [-0.4, -0.2) is 16.5 Å². The lowest BCUT2D eigenvalue weighted by atomic mass is 10.2. The van der Waals surface area contributed by atoms with Gasteiger partial charge in [-0.2, -0.15) is 0 Å². The molecule has 0 fully saturated rings. The molecule has 0 bridgehead atoms. The summed E-state index contributed by atoms with van der Waals surface area (Å²) in [5, 5.41) is 0. The Balaban J connectivity index is 3.71. The van der Waals surface area contributed by atoms with E-state index in [0.717, 1.165) is 19.3 Å². The van der Waals surface area contributed by atoms with Crippen molar-refractivity contribution < 1.29 is 9.22 Å². The summed E-state index contributed by atoms with van der Waals surface area (Å²) >= 11 is 0. The van der Waals surface area contributed by atoms with E-state index in [1.54, 1.807) is 6.92 Å². The molecule has 0 amide bonds. The van der Waals surface area contributed by atoms with E-state index in [0.29, 0.717) is 5.57 Å². The van der Waals surface area contributed by atoms with Crippen molar-refractivity contribution in [3.8, 4) is 0 Å². The molecule has 0 spiro atoms. The standard InChI is InChI=1S/C8H13O2Si/c1-3-4-5-6-7(2)8(9)10-11/h6H,3-5H2,1-2H3/b7-6+. The van der Waals surface area contributed by atoms with Crippen molar-refractivity contribution in [1.29, 1.82) is 0 Å². The molecule has 2 nitrogen and oxygen atoms in total. The third-order valence-corrected chi connectivity index (χ3v) is 1.61. The van der Waals surface area contributed by atoms with Gasteiger partial charge in [0.2, 0.25) is 0 Å². The molecule has 0 aromatic carbocycles. The van der Waals surface area contributed by atoms with Gasteiger partial charge < -0.3 is 4.43 Å². The fourth-order valence-electron chi connectivity index (χ4n) is 0.687. The van der Waals surface area contributed by atoms with Crippen LogP contribution < -0.4 is 0 Å². The Morgan fingerprint density at radius 1 is 1.64 bits per heavy atom. The molecule has 0 aliphatic rings. The van der Waals surface area contributed by atoms with E-state index in [4.69, 9.17) is 0 Å². The minimum absolute atomic E-state index is 0.308. The predicted molar refractivity (Wildman–Crippen MR) is 45.1 cm³/mol. The molecular weight excluding hydrogens is 156 g/mol. The molecule has 11 heavy (non-hydrogen) atoms. The first-order chi connectivity index (χ1) is 5.22. The number of hydrogen-bond donors (Lipinski definition) is 0. The maximum Gasteiger partial charge on any atom is 0.345 e. The molecule has 0 aliphatic carbocycles. The summed E-state index contributed by atoms with van der Waals surface area (Å²) in [5.74, 6) is -0.308. The van der Waals surface area contributed by atoms with Crippen LogP contribution in [0.4, 0.5) is 0 Å². The van der Waals surface area contributed by atoms with Crippen LogP contribution in [0.3, 0.4) is 0 Å². The number of unbranched alkanes of at least 4 members (excludes halogenated alkanes) is 2. The molecule has 0 aromatic heterocycles. The quantitative estimate of drug-likeness (QED) is 0.364. The van der Waals surface area contributed by atoms with Crippen molar-refractivity contribution >= 4 is 16.5 Å². The van der Waals surface area contributed by atoms with Crippen molar-refractivity contribution in [3.05, 3.63) is 11.6 Å². The maximum atomic E-state index is 10.8. The number of carbonyl (C=O) groups is 1. The van der Waals surface area contributed by atoms with Crippen LogP contribution in [0.25, 0.3) is 0 Å². The molecule has 0 aliphatic heterocycles. The number of allylic oxidation sites excluding steroid dienone is 1. The molecule has 0 saturated heterocycles. The highest BCUT2D eigenvalue weighted by Crippen LogP contribution is 2.01. The van der Waals surface area contributed by atoms with Crippen molar-refractivity contribution in [2.24, 2.45) is 0 Å². The van der Waals surface area contributed by atoms with E-state index >= 15 is 0 Å². The van der Waals surface area contributed by atoms with Crippen LogP contribution in [0, 0.1) is 0 Å². The lowest BCUT2D eigenvalue weighted by molar-refractivity contribution is -0.129. The van der Waals surface area contributed by atoms with E-state index in [1.807, 2.05) is 6.08 Å². The molecule has 0 aromatic rings. The summed E-state index contributed by atoms with van der Waals surface area (Å²) in [6.45, 7) is 3.86. The van der Waals surface area contributed by atoms with Gasteiger partial charge in [0.25, 0.3) is 0 Å². The SMILES string of the molecule is CCCC/C=C(\C)C(=O)O[Si]. The van der Waals surface area contributed by atoms with Crippen molar-refractivity contribution in [3.63, 3.8) is 0 Å². The van der Waals surface area contributed by atoms with Gasteiger partial charge >= 0.3 is 16.5 Å². The smallest absolute Gasteiger partial charge is 0.345 e. The van der Waals surface area contributed by atoms with Gasteiger partial charge in [0.05, 0.1) is 0 Å². The van der Waals surface area contributed by atoms with Crippen LogP contribution in [0.2, 0.25) is 0 Å². The van der Waals surface area contributed by atoms with Gasteiger partial charge in [-0.3, -0.25) is 0 Å². The predicted octanol–water partition coefficient (Wildman–Crippen LogP) is 1.75. The molecule has 0 rings (SSSR count). The van der Waals surface area contributed by atoms with E-state index in [2.05, 4.69) is 21.8 Å². The van der Waals surface area contributed by atoms with Crippen LogP contribution in [0.5, 0.6) is 0 Å². The monoisotopic (exact) mass is 169 g/mol. The average molecular weight is 169 g/mol. The highest BCUT2D eigenvalue weighted by atomic mass is 28.2. The van der Waals surface area contributed by atoms with Gasteiger partial charge in [0, 0.05) is 5.57 Å². The summed E-state index contributed by atoms with van der Waals surface area (Å²) in [5.41, 5.74) is 0.661. The summed E-state index contributed by atoms with van der Waals surface area (Å²) in [6.07, 6.45) is 5.11. The van der Waals surface area contributed by atoms with Gasteiger partial charge in [-0.1, -0.05) is 25.8 Å². The third-order valence-electron chi connectivity index (χ3n) is 1.42. The van der Waals surface area contributed by atoms with Crippen LogP contribution in [0.1, 0.15) is 33.1 Å². The third kappa shape index (κ3) is 4.78. The zero-order valence-corrected chi connectivity index (χ0v) is 8.02. The molecule has 0 heterocycles. The number of hydrogen-bond acceptors (Lipinski definition) is 2. The average Bonchev–Trinajstić information content (AvgIpc) is 2.03. The van der Waals surface area contributed by atoms with Gasteiger partial charge in [-0.05, 0) is 13.3 Å². The molecular formula is C8H13O2Si. The van der Waals surface area contributed by atoms with Crippen molar-refractivity contribution in [2.75, 3.05) is 0 Å². The first-order valence-electron chi connectivity index (χ1n) is 3.77. The minimum atomic E-state index is -0.308. The van der Waals surface area contributed by atoms with Crippen LogP contribution in [-0.2, 0) is 9.22 Å². The first-order valence-corrected chi connectivity index (χ1v) is 4.17. The lowest BCUT2D eigenvalue weighted by Gasteiger charge is -1.97. The summed E-state index contributed by atoms with van der Waals surface area (Å²) < 4.78 is 4.34. The van der Waals surface area contributed by atoms with Crippen LogP contribution in [0.15, 0.2) is 11.6 Å². The Labute approximate surface area is 71.2 Å². The Kier molecular flexibility index (Phi) is 5.84. The fourth-order valence-corrected chi connectivity index (χ4v) is 0.848. The van der Waals surface area contributed by atoms with E-state index in [-0.39, 0.29) is 5.97 Å². The highest BCUT2D eigenvalue weighted by Gasteiger charge is 2.00. The molecule has 3 radical (unpaired) electrons. The van der Waals surface area contributed by atoms with Crippen molar-refractivity contribution in [2.45, 2.75) is 33.1 Å². The molecule has 0 atom stereocenters. The minimum Gasteiger partial charge on any atom is -0.513 e. The second-order valence-electron chi connectivity index (χ2n) is 2.42. The zero-order valence-electron chi connectivity index (χ0n) is 7.02. The summed E-state index contributed by atoms with van der Waals surface area (Å²) in [6, 6.07) is 0. The Bertz CT molecular complexity index is 152. The number of carbonyl (C=O) groups excluding carboxylic acids is 1. The summed E-state index contributed by atoms with van der Waals surface area (Å²) in [7, 11) is 2.68. The Morgan fingerprint density at radius 3 is 2.73 bits per heavy atom. The van der Waals surface area contributed by atoms with Gasteiger partial charge in [-0.15, -0.1) is 0 Å². The Hall–Kier alpha value is -0.573. The lowest BCUT2D eigenvalue weighted by Crippen LogP contribution is -2.02. The second kappa shape index (κ2) is 6.16. The zero-order chi connectivity index (χ0) is 8.69. The normalized spacial score (nSPS) is 11.4. The molecule has 0 saturated carbocycles. The largest absolute Gasteiger partial charge is 0.513 e. The van der Waals surface area contributed by atoms with Crippen LogP contribution >= 0.6 is 0 Å². The molecule has 0 unspecified atom stereocenters. The van der Waals surface area contributed by atoms with E-state index < -0.39 is 0 Å². The molecule has 0 N–H and O–H groups in total. The second-order valence-corrected chi connectivity index (χ2v) is 2.62. The van der Waals surface area contributed by atoms with E-state index in [1.165, 1.54) is 0 Å². The molecule has 3 heteroatoms.